The molecule has 0 aliphatic carbocycles. The maximum atomic E-state index is 12.8. The molecule has 1 N–H and O–H groups in total. The van der Waals surface area contributed by atoms with E-state index in [0.29, 0.717) is 17.5 Å². The van der Waals surface area contributed by atoms with Crippen LogP contribution in [0.4, 0.5) is 5.69 Å². The van der Waals surface area contributed by atoms with Gasteiger partial charge in [0.1, 0.15) is 5.69 Å². The summed E-state index contributed by atoms with van der Waals surface area (Å²) in [4.78, 5) is 7.04. The van der Waals surface area contributed by atoms with Gasteiger partial charge in [-0.25, -0.2) is 13.4 Å². The predicted octanol–water partition coefficient (Wildman–Crippen LogP) is 3.04. The van der Waals surface area contributed by atoms with E-state index in [1.165, 1.54) is 7.11 Å². The Kier molecular flexibility index (Phi) is 5.72. The number of aromatic nitrogens is 1. The molecule has 0 radical (unpaired) electrons. The van der Waals surface area contributed by atoms with Crippen molar-refractivity contribution in [1.82, 2.24) is 9.88 Å². The average Bonchev–Trinajstić information content (AvgIpc) is 2.82. The molecule has 0 bridgehead atoms. The second-order valence-electron chi connectivity index (χ2n) is 7.28. The Morgan fingerprint density at radius 3 is 2.44 bits per heavy atom. The molecular weight excluding hydrogens is 362 g/mol. The molecule has 0 atom stereocenters. The summed E-state index contributed by atoms with van der Waals surface area (Å²) in [5.41, 5.74) is 3.52. The highest BCUT2D eigenvalue weighted by atomic mass is 32.2. The van der Waals surface area contributed by atoms with Crippen molar-refractivity contribution in [2.24, 2.45) is 0 Å². The number of nitrogens with one attached hydrogen (secondary N) is 1. The van der Waals surface area contributed by atoms with Crippen molar-refractivity contribution in [3.63, 3.8) is 0 Å². The Morgan fingerprint density at radius 2 is 1.81 bits per heavy atom. The number of hydrogen-bond donors (Lipinski definition) is 1. The SMILES string of the molecule is COc1nc2c(cc1NS(=O)(=O)c1ccc(C(C)C)cc1)CCN(C)CC2. The molecule has 0 saturated heterocycles. The molecule has 0 fully saturated rings. The molecule has 1 aliphatic rings. The number of pyridine rings is 1. The topological polar surface area (TPSA) is 71.5 Å². The van der Waals surface area contributed by atoms with Crippen LogP contribution in [0.3, 0.4) is 0 Å². The summed E-state index contributed by atoms with van der Waals surface area (Å²) in [6.07, 6.45) is 1.66. The largest absolute Gasteiger partial charge is 0.479 e. The van der Waals surface area contributed by atoms with Crippen molar-refractivity contribution in [3.05, 3.63) is 47.2 Å². The number of anilines is 1. The van der Waals surface area contributed by atoms with E-state index in [9.17, 15) is 8.42 Å². The van der Waals surface area contributed by atoms with Gasteiger partial charge in [-0.3, -0.25) is 4.72 Å². The Bertz CT molecular complexity index is 909. The van der Waals surface area contributed by atoms with Crippen LogP contribution >= 0.6 is 0 Å². The molecule has 146 valence electrons. The zero-order valence-electron chi connectivity index (χ0n) is 16.3. The van der Waals surface area contributed by atoms with Gasteiger partial charge in [0.15, 0.2) is 0 Å². The summed E-state index contributed by atoms with van der Waals surface area (Å²) in [7, 11) is -0.132. The van der Waals surface area contributed by atoms with E-state index in [2.05, 4.69) is 35.5 Å². The number of ether oxygens (including phenoxy) is 1. The van der Waals surface area contributed by atoms with E-state index < -0.39 is 10.0 Å². The standard InChI is InChI=1S/C20H27N3O3S/c1-14(2)15-5-7-17(8-6-15)27(24,25)22-19-13-16-9-11-23(3)12-10-18(16)21-20(19)26-4/h5-8,13-14,22H,9-12H2,1-4H3. The number of sulfonamides is 1. The van der Waals surface area contributed by atoms with Gasteiger partial charge < -0.3 is 9.64 Å². The summed E-state index contributed by atoms with van der Waals surface area (Å²) in [6, 6.07) is 8.83. The zero-order chi connectivity index (χ0) is 19.6. The van der Waals surface area contributed by atoms with Gasteiger partial charge in [0, 0.05) is 25.2 Å². The van der Waals surface area contributed by atoms with Crippen LogP contribution in [0.1, 0.15) is 36.6 Å². The molecule has 1 aromatic heterocycles. The van der Waals surface area contributed by atoms with Crippen molar-refractivity contribution < 1.29 is 13.2 Å². The van der Waals surface area contributed by atoms with E-state index in [0.717, 1.165) is 42.8 Å². The summed E-state index contributed by atoms with van der Waals surface area (Å²) in [5.74, 6) is 0.655. The van der Waals surface area contributed by atoms with Gasteiger partial charge in [-0.15, -0.1) is 0 Å². The fraction of sp³-hybridized carbons (Fsp3) is 0.450. The van der Waals surface area contributed by atoms with Crippen LogP contribution in [0.25, 0.3) is 0 Å². The molecule has 6 nitrogen and oxygen atoms in total. The Balaban J connectivity index is 1.91. The third-order valence-electron chi connectivity index (χ3n) is 4.94. The van der Waals surface area contributed by atoms with Crippen molar-refractivity contribution in [3.8, 4) is 5.88 Å². The number of hydrogen-bond acceptors (Lipinski definition) is 5. The summed E-state index contributed by atoms with van der Waals surface area (Å²) in [5, 5.41) is 0. The fourth-order valence-corrected chi connectivity index (χ4v) is 4.24. The number of rotatable bonds is 5. The highest BCUT2D eigenvalue weighted by Gasteiger charge is 2.21. The average molecular weight is 390 g/mol. The molecule has 0 unspecified atom stereocenters. The zero-order valence-corrected chi connectivity index (χ0v) is 17.1. The summed E-state index contributed by atoms with van der Waals surface area (Å²) in [6.45, 7) is 6.00. The Morgan fingerprint density at radius 1 is 1.15 bits per heavy atom. The quantitative estimate of drug-likeness (QED) is 0.851. The maximum absolute atomic E-state index is 12.8. The van der Waals surface area contributed by atoms with Gasteiger partial charge in [-0.1, -0.05) is 26.0 Å². The minimum atomic E-state index is -3.72. The number of benzene rings is 1. The smallest absolute Gasteiger partial charge is 0.262 e. The molecule has 2 heterocycles. The van der Waals surface area contributed by atoms with Crippen LogP contribution in [0.15, 0.2) is 35.2 Å². The normalized spacial score (nSPS) is 15.3. The second-order valence-corrected chi connectivity index (χ2v) is 8.97. The lowest BCUT2D eigenvalue weighted by atomic mass is 10.0. The first-order valence-electron chi connectivity index (χ1n) is 9.18. The maximum Gasteiger partial charge on any atom is 0.262 e. The lowest BCUT2D eigenvalue weighted by molar-refractivity contribution is 0.351. The molecule has 2 aromatic rings. The third kappa shape index (κ3) is 4.42. The highest BCUT2D eigenvalue weighted by molar-refractivity contribution is 7.92. The van der Waals surface area contributed by atoms with E-state index >= 15 is 0 Å². The first-order valence-corrected chi connectivity index (χ1v) is 10.7. The Hall–Kier alpha value is -2.12. The minimum absolute atomic E-state index is 0.226. The van der Waals surface area contributed by atoms with Crippen molar-refractivity contribution >= 4 is 15.7 Å². The number of likely N-dealkylation sites (N-methyl/N-ethyl adjacent to an activating group) is 1. The van der Waals surface area contributed by atoms with Crippen LogP contribution in [-0.4, -0.2) is 45.5 Å². The van der Waals surface area contributed by atoms with Crippen molar-refractivity contribution in [1.29, 1.82) is 0 Å². The number of fused-ring (bicyclic) bond motifs is 1. The lowest BCUT2D eigenvalue weighted by Gasteiger charge is -2.15. The van der Waals surface area contributed by atoms with Crippen LogP contribution < -0.4 is 9.46 Å². The number of nitrogens with zero attached hydrogens (tertiary/aromatic N) is 2. The van der Waals surface area contributed by atoms with Gasteiger partial charge in [0.2, 0.25) is 5.88 Å². The lowest BCUT2D eigenvalue weighted by Crippen LogP contribution is -2.20. The second kappa shape index (κ2) is 7.86. The van der Waals surface area contributed by atoms with Crippen LogP contribution in [0.2, 0.25) is 0 Å². The first kappa shape index (κ1) is 19.6. The molecule has 27 heavy (non-hydrogen) atoms. The van der Waals surface area contributed by atoms with Crippen molar-refractivity contribution in [2.75, 3.05) is 32.0 Å². The summed E-state index contributed by atoms with van der Waals surface area (Å²) >= 11 is 0. The minimum Gasteiger partial charge on any atom is -0.479 e. The van der Waals surface area contributed by atoms with E-state index in [1.807, 2.05) is 18.2 Å². The molecule has 0 spiro atoms. The van der Waals surface area contributed by atoms with Gasteiger partial charge in [-0.05, 0) is 48.7 Å². The first-order chi connectivity index (χ1) is 12.8. The molecule has 0 saturated carbocycles. The van der Waals surface area contributed by atoms with Gasteiger partial charge in [-0.2, -0.15) is 0 Å². The molecule has 1 aromatic carbocycles. The van der Waals surface area contributed by atoms with Gasteiger partial charge >= 0.3 is 0 Å². The fourth-order valence-electron chi connectivity index (χ4n) is 3.19. The van der Waals surface area contributed by atoms with Crippen LogP contribution in [-0.2, 0) is 22.9 Å². The summed E-state index contributed by atoms with van der Waals surface area (Å²) < 4.78 is 33.7. The van der Waals surface area contributed by atoms with Crippen LogP contribution in [0, 0.1) is 0 Å². The van der Waals surface area contributed by atoms with Crippen molar-refractivity contribution in [2.45, 2.75) is 37.5 Å². The van der Waals surface area contributed by atoms with E-state index in [4.69, 9.17) is 4.74 Å². The van der Waals surface area contributed by atoms with Gasteiger partial charge in [0.25, 0.3) is 10.0 Å². The molecular formula is C20H27N3O3S. The monoisotopic (exact) mass is 389 g/mol. The Labute approximate surface area is 161 Å². The molecule has 7 heteroatoms. The predicted molar refractivity (Wildman–Crippen MR) is 107 cm³/mol. The third-order valence-corrected chi connectivity index (χ3v) is 6.33. The molecule has 3 rings (SSSR count). The van der Waals surface area contributed by atoms with Gasteiger partial charge in [0.05, 0.1) is 12.0 Å². The molecule has 0 amide bonds. The van der Waals surface area contributed by atoms with Crippen LogP contribution in [0.5, 0.6) is 5.88 Å². The highest BCUT2D eigenvalue weighted by Crippen LogP contribution is 2.29. The molecule has 1 aliphatic heterocycles. The van der Waals surface area contributed by atoms with E-state index in [1.54, 1.807) is 12.1 Å². The number of methoxy groups -OCH3 is 1. The van der Waals surface area contributed by atoms with E-state index in [-0.39, 0.29) is 4.90 Å².